The number of thiophene rings is 1. The highest BCUT2D eigenvalue weighted by Gasteiger charge is 2.39. The topological polar surface area (TPSA) is 72.6 Å². The second kappa shape index (κ2) is 6.79. The second-order valence-electron chi connectivity index (χ2n) is 6.45. The molecular formula is C16H24N2O3S. The van der Waals surface area contributed by atoms with Crippen LogP contribution in [-0.4, -0.2) is 37.0 Å². The number of hydrogen-bond acceptors (Lipinski definition) is 5. The number of nitrogens with two attached hydrogens (primary N) is 1. The molecule has 2 rings (SSSR count). The molecule has 0 spiro atoms. The van der Waals surface area contributed by atoms with Gasteiger partial charge in [-0.1, -0.05) is 0 Å². The highest BCUT2D eigenvalue weighted by Crippen LogP contribution is 2.35. The number of ether oxygens (including phenoxy) is 1. The minimum atomic E-state index is -0.471. The average molecular weight is 324 g/mol. The number of hydrogen-bond donors (Lipinski definition) is 1. The summed E-state index contributed by atoms with van der Waals surface area (Å²) in [7, 11) is 1.45. The predicted molar refractivity (Wildman–Crippen MR) is 86.6 cm³/mol. The highest BCUT2D eigenvalue weighted by atomic mass is 32.1. The van der Waals surface area contributed by atoms with Gasteiger partial charge in [0.05, 0.1) is 18.1 Å². The van der Waals surface area contributed by atoms with Crippen LogP contribution in [0.25, 0.3) is 0 Å². The van der Waals surface area contributed by atoms with Gasteiger partial charge in [-0.15, -0.1) is 11.3 Å². The third-order valence-electron chi connectivity index (χ3n) is 4.56. The molecule has 5 nitrogen and oxygen atoms in total. The highest BCUT2D eigenvalue weighted by molar-refractivity contribution is 7.10. The monoisotopic (exact) mass is 324 g/mol. The summed E-state index contributed by atoms with van der Waals surface area (Å²) in [5, 5.41) is 1.80. The van der Waals surface area contributed by atoms with E-state index in [2.05, 4.69) is 4.90 Å². The lowest BCUT2D eigenvalue weighted by Gasteiger charge is -2.39. The van der Waals surface area contributed by atoms with Crippen LogP contribution in [0, 0.1) is 11.3 Å². The minimum Gasteiger partial charge on any atom is -0.469 e. The Morgan fingerprint density at radius 2 is 2.23 bits per heavy atom. The summed E-state index contributed by atoms with van der Waals surface area (Å²) < 4.78 is 4.94. The Hall–Kier alpha value is -1.40. The van der Waals surface area contributed by atoms with Crippen molar-refractivity contribution in [1.82, 2.24) is 4.90 Å². The number of amides is 1. The van der Waals surface area contributed by atoms with Crippen molar-refractivity contribution in [2.75, 3.05) is 20.2 Å². The van der Waals surface area contributed by atoms with Gasteiger partial charge in [0.1, 0.15) is 0 Å². The molecule has 2 N–H and O–H groups in total. The fraction of sp³-hybridized carbons (Fsp3) is 0.625. The zero-order valence-electron chi connectivity index (χ0n) is 13.4. The van der Waals surface area contributed by atoms with E-state index in [0.717, 1.165) is 37.4 Å². The minimum absolute atomic E-state index is 0.147. The maximum Gasteiger partial charge on any atom is 0.311 e. The third kappa shape index (κ3) is 3.67. The molecule has 6 heteroatoms. The summed E-state index contributed by atoms with van der Waals surface area (Å²) in [4.78, 5) is 26.6. The molecule has 1 aliphatic rings. The zero-order chi connectivity index (χ0) is 16.3. The Balaban J connectivity index is 2.01. The number of likely N-dealkylation sites (tertiary alicyclic amines) is 1. The lowest BCUT2D eigenvalue weighted by molar-refractivity contribution is -0.155. The van der Waals surface area contributed by atoms with Crippen LogP contribution in [0.3, 0.4) is 0 Å². The number of methoxy groups -OCH3 is 1. The Bertz CT molecular complexity index is 553. The van der Waals surface area contributed by atoms with Crippen LogP contribution in [0.2, 0.25) is 0 Å². The Morgan fingerprint density at radius 3 is 2.82 bits per heavy atom. The Morgan fingerprint density at radius 1 is 1.50 bits per heavy atom. The molecule has 1 aliphatic heterocycles. The maximum absolute atomic E-state index is 12.0. The molecule has 1 aromatic rings. The van der Waals surface area contributed by atoms with Gasteiger partial charge >= 0.3 is 5.97 Å². The number of nitrogens with zero attached hydrogens (tertiary/aromatic N) is 1. The zero-order valence-corrected chi connectivity index (χ0v) is 14.2. The fourth-order valence-corrected chi connectivity index (χ4v) is 3.95. The molecule has 1 unspecified atom stereocenters. The molecule has 0 radical (unpaired) electrons. The molecule has 2 heterocycles. The number of carbonyl (C=O) groups is 2. The molecule has 1 amide bonds. The van der Waals surface area contributed by atoms with Gasteiger partial charge in [-0.25, -0.2) is 0 Å². The van der Waals surface area contributed by atoms with Gasteiger partial charge in [0.25, 0.3) is 0 Å². The van der Waals surface area contributed by atoms with Gasteiger partial charge in [0.2, 0.25) is 5.91 Å². The maximum atomic E-state index is 12.0. The molecule has 122 valence electrons. The molecule has 22 heavy (non-hydrogen) atoms. The van der Waals surface area contributed by atoms with Crippen molar-refractivity contribution in [3.63, 3.8) is 0 Å². The van der Waals surface area contributed by atoms with Gasteiger partial charge in [-0.3, -0.25) is 14.5 Å². The van der Waals surface area contributed by atoms with Crippen LogP contribution in [0.1, 0.15) is 41.9 Å². The van der Waals surface area contributed by atoms with Crippen LogP contribution in [0.15, 0.2) is 11.4 Å². The van der Waals surface area contributed by atoms with Crippen molar-refractivity contribution < 1.29 is 14.3 Å². The number of rotatable bonds is 5. The van der Waals surface area contributed by atoms with Crippen molar-refractivity contribution in [2.45, 2.75) is 33.2 Å². The first-order valence-corrected chi connectivity index (χ1v) is 8.40. The van der Waals surface area contributed by atoms with Crippen molar-refractivity contribution in [2.24, 2.45) is 17.1 Å². The van der Waals surface area contributed by atoms with E-state index in [1.165, 1.54) is 7.11 Å². The van der Waals surface area contributed by atoms with Crippen LogP contribution in [0.4, 0.5) is 0 Å². The molecule has 0 bridgehead atoms. The molecule has 1 atom stereocenters. The molecule has 0 saturated carbocycles. The second-order valence-corrected chi connectivity index (χ2v) is 7.45. The van der Waals surface area contributed by atoms with Crippen molar-refractivity contribution in [3.05, 3.63) is 21.9 Å². The lowest BCUT2D eigenvalue weighted by Crippen LogP contribution is -2.44. The number of carbonyl (C=O) groups excluding carboxylic acids is 2. The van der Waals surface area contributed by atoms with E-state index in [9.17, 15) is 9.59 Å². The molecule has 1 fully saturated rings. The molecule has 0 aromatic carbocycles. The summed E-state index contributed by atoms with van der Waals surface area (Å²) in [6, 6.07) is 1.86. The van der Waals surface area contributed by atoms with Gasteiger partial charge < -0.3 is 10.5 Å². The van der Waals surface area contributed by atoms with Gasteiger partial charge in [-0.2, -0.15) is 0 Å². The summed E-state index contributed by atoms with van der Waals surface area (Å²) >= 11 is 1.56. The van der Waals surface area contributed by atoms with Gasteiger partial charge in [0, 0.05) is 23.3 Å². The molecule has 1 aromatic heterocycles. The van der Waals surface area contributed by atoms with E-state index in [1.54, 1.807) is 16.7 Å². The van der Waals surface area contributed by atoms with E-state index in [0.29, 0.717) is 5.56 Å². The predicted octanol–water partition coefficient (Wildman–Crippen LogP) is 2.26. The first-order valence-electron chi connectivity index (χ1n) is 7.52. The Kier molecular flexibility index (Phi) is 5.24. The summed E-state index contributed by atoms with van der Waals surface area (Å²) in [6.45, 7) is 6.60. The average Bonchev–Trinajstić information content (AvgIpc) is 2.95. The number of primary amides is 1. The largest absolute Gasteiger partial charge is 0.469 e. The summed E-state index contributed by atoms with van der Waals surface area (Å²) in [5.41, 5.74) is 5.39. The van der Waals surface area contributed by atoms with E-state index in [-0.39, 0.29) is 17.8 Å². The van der Waals surface area contributed by atoms with E-state index in [1.807, 2.05) is 19.9 Å². The first-order chi connectivity index (χ1) is 10.3. The van der Waals surface area contributed by atoms with Crippen LogP contribution < -0.4 is 5.73 Å². The third-order valence-corrected chi connectivity index (χ3v) is 5.48. The molecule has 1 saturated heterocycles. The SMILES string of the molecule is COC(=O)C(C)(C)C1CCCN(Cc2cc(C(N)=O)cs2)C1. The first kappa shape index (κ1) is 17.0. The lowest BCUT2D eigenvalue weighted by atomic mass is 9.74. The van der Waals surface area contributed by atoms with Crippen LogP contribution >= 0.6 is 11.3 Å². The van der Waals surface area contributed by atoms with Crippen LogP contribution in [-0.2, 0) is 16.1 Å². The summed E-state index contributed by atoms with van der Waals surface area (Å²) in [5.74, 6) is -0.249. The van der Waals surface area contributed by atoms with Crippen molar-refractivity contribution in [1.29, 1.82) is 0 Å². The van der Waals surface area contributed by atoms with Crippen LogP contribution in [0.5, 0.6) is 0 Å². The quantitative estimate of drug-likeness (QED) is 0.843. The van der Waals surface area contributed by atoms with Gasteiger partial charge in [-0.05, 0) is 45.2 Å². The Labute approximate surface area is 135 Å². The number of esters is 1. The van der Waals surface area contributed by atoms with E-state index < -0.39 is 5.41 Å². The van der Waals surface area contributed by atoms with Crippen molar-refractivity contribution in [3.8, 4) is 0 Å². The van der Waals surface area contributed by atoms with E-state index >= 15 is 0 Å². The van der Waals surface area contributed by atoms with E-state index in [4.69, 9.17) is 10.5 Å². The fourth-order valence-electron chi connectivity index (χ4n) is 3.03. The molecular weight excluding hydrogens is 300 g/mol. The normalized spacial score (nSPS) is 19.9. The number of piperidine rings is 1. The standard InChI is InChI=1S/C16H24N2O3S/c1-16(2,15(20)21-3)12-5-4-6-18(8-12)9-13-7-11(10-22-13)14(17)19/h7,10,12H,4-6,8-9H2,1-3H3,(H2,17,19). The van der Waals surface area contributed by atoms with Gasteiger partial charge in [0.15, 0.2) is 0 Å². The summed E-state index contributed by atoms with van der Waals surface area (Å²) in [6.07, 6.45) is 2.11. The molecule has 0 aliphatic carbocycles. The smallest absolute Gasteiger partial charge is 0.311 e. The van der Waals surface area contributed by atoms with Crippen molar-refractivity contribution >= 4 is 23.2 Å².